The van der Waals surface area contributed by atoms with E-state index in [9.17, 15) is 24.8 Å². The molecule has 0 radical (unpaired) electrons. The van der Waals surface area contributed by atoms with E-state index >= 15 is 0 Å². The van der Waals surface area contributed by atoms with Crippen LogP contribution in [0.3, 0.4) is 0 Å². The molecule has 0 spiro atoms. The van der Waals surface area contributed by atoms with Crippen molar-refractivity contribution in [1.29, 1.82) is 5.26 Å². The van der Waals surface area contributed by atoms with E-state index in [1.165, 1.54) is 12.1 Å². The van der Waals surface area contributed by atoms with Crippen LogP contribution in [0.1, 0.15) is 21.8 Å². The number of carbonyl (C=O) groups is 3. The Labute approximate surface area is 207 Å². The van der Waals surface area contributed by atoms with Crippen LogP contribution in [0.25, 0.3) is 0 Å². The highest BCUT2D eigenvalue weighted by atomic mass is 79.9. The van der Waals surface area contributed by atoms with Crippen LogP contribution in [0.4, 0.5) is 5.69 Å². The van der Waals surface area contributed by atoms with Gasteiger partial charge in [-0.15, -0.1) is 0 Å². The molecule has 0 amide bonds. The van der Waals surface area contributed by atoms with E-state index in [1.54, 1.807) is 30.3 Å². The molecule has 1 aliphatic heterocycles. The number of rotatable bonds is 5. The molecule has 0 fully saturated rings. The molecule has 2 aromatic rings. The van der Waals surface area contributed by atoms with Crippen LogP contribution in [0.5, 0.6) is 0 Å². The van der Waals surface area contributed by atoms with Gasteiger partial charge in [-0.1, -0.05) is 41.9 Å². The molecule has 1 aliphatic rings. The Bertz CT molecular complexity index is 1300. The SMILES string of the molecule is COC(=O)C1=C(C(=O)OC)N(c2ccc(Br)c(Cl)c2C(=O)O)C(N)=C(C#N)C1c1ccccc1. The summed E-state index contributed by atoms with van der Waals surface area (Å²) in [6, 6.07) is 13.2. The van der Waals surface area contributed by atoms with Gasteiger partial charge in [0.1, 0.15) is 17.1 Å². The fourth-order valence-electron chi connectivity index (χ4n) is 3.69. The van der Waals surface area contributed by atoms with Gasteiger partial charge in [-0.3, -0.25) is 4.90 Å². The Hall–Kier alpha value is -3.81. The second-order valence-electron chi connectivity index (χ2n) is 6.90. The number of nitrogens with two attached hydrogens (primary N) is 1. The Balaban J connectivity index is 2.51. The van der Waals surface area contributed by atoms with Crippen LogP contribution in [0.2, 0.25) is 5.02 Å². The van der Waals surface area contributed by atoms with Crippen LogP contribution >= 0.6 is 27.5 Å². The van der Waals surface area contributed by atoms with E-state index in [1.807, 2.05) is 6.07 Å². The highest BCUT2D eigenvalue weighted by Gasteiger charge is 2.44. The number of halogens is 2. The number of aromatic carboxylic acids is 1. The van der Waals surface area contributed by atoms with Crippen molar-refractivity contribution in [2.45, 2.75) is 5.92 Å². The zero-order valence-corrected chi connectivity index (χ0v) is 20.2. The zero-order valence-electron chi connectivity index (χ0n) is 17.8. The predicted octanol–water partition coefficient (Wildman–Crippen LogP) is 3.70. The third kappa shape index (κ3) is 4.11. The summed E-state index contributed by atoms with van der Waals surface area (Å²) in [5.74, 6) is -4.72. The number of nitrogens with zero attached hydrogens (tertiary/aromatic N) is 2. The largest absolute Gasteiger partial charge is 0.478 e. The number of benzene rings is 2. The normalized spacial score (nSPS) is 15.6. The van der Waals surface area contributed by atoms with Crippen molar-refractivity contribution < 1.29 is 29.0 Å². The number of carboxylic acids is 1. The van der Waals surface area contributed by atoms with Gasteiger partial charge in [-0.05, 0) is 33.6 Å². The first-order valence-electron chi connectivity index (χ1n) is 9.56. The molecule has 1 atom stereocenters. The van der Waals surface area contributed by atoms with Crippen LogP contribution in [0.15, 0.2) is 69.6 Å². The maximum absolute atomic E-state index is 13.1. The van der Waals surface area contributed by atoms with Gasteiger partial charge in [0.05, 0.1) is 48.1 Å². The molecule has 3 rings (SSSR count). The second-order valence-corrected chi connectivity index (χ2v) is 8.13. The third-order valence-corrected chi connectivity index (χ3v) is 6.42. The molecule has 11 heteroatoms. The van der Waals surface area contributed by atoms with Crippen LogP contribution in [-0.2, 0) is 19.1 Å². The van der Waals surface area contributed by atoms with Crippen molar-refractivity contribution in [2.24, 2.45) is 5.73 Å². The maximum Gasteiger partial charge on any atom is 0.355 e. The first kappa shape index (κ1) is 24.8. The number of anilines is 1. The highest BCUT2D eigenvalue weighted by Crippen LogP contribution is 2.45. The Morgan fingerprint density at radius 3 is 2.26 bits per heavy atom. The van der Waals surface area contributed by atoms with Gasteiger partial charge in [-0.2, -0.15) is 5.26 Å². The van der Waals surface area contributed by atoms with Gasteiger partial charge < -0.3 is 20.3 Å². The lowest BCUT2D eigenvalue weighted by Crippen LogP contribution is -2.41. The van der Waals surface area contributed by atoms with Crippen molar-refractivity contribution >= 4 is 51.1 Å². The van der Waals surface area contributed by atoms with E-state index in [0.29, 0.717) is 5.56 Å². The predicted molar refractivity (Wildman–Crippen MR) is 126 cm³/mol. The molecule has 0 aliphatic carbocycles. The molecule has 0 saturated carbocycles. The smallest absolute Gasteiger partial charge is 0.355 e. The summed E-state index contributed by atoms with van der Waals surface area (Å²) in [5.41, 5.74) is 5.54. The average Bonchev–Trinajstić information content (AvgIpc) is 2.84. The minimum Gasteiger partial charge on any atom is -0.478 e. The van der Waals surface area contributed by atoms with E-state index in [-0.39, 0.29) is 32.1 Å². The second kappa shape index (κ2) is 9.99. The highest BCUT2D eigenvalue weighted by molar-refractivity contribution is 9.10. The summed E-state index contributed by atoms with van der Waals surface area (Å²) < 4.78 is 10.1. The molecular formula is C23H17BrClN3O6. The zero-order chi connectivity index (χ0) is 25.2. The number of esters is 2. The first-order valence-corrected chi connectivity index (χ1v) is 10.7. The number of hydrogen-bond donors (Lipinski definition) is 2. The van der Waals surface area contributed by atoms with Crippen molar-refractivity contribution in [3.05, 3.63) is 85.8 Å². The molecule has 0 aromatic heterocycles. The Morgan fingerprint density at radius 2 is 1.74 bits per heavy atom. The van der Waals surface area contributed by atoms with Crippen LogP contribution < -0.4 is 10.6 Å². The fraction of sp³-hybridized carbons (Fsp3) is 0.130. The molecule has 0 bridgehead atoms. The molecule has 0 saturated heterocycles. The molecule has 9 nitrogen and oxygen atoms in total. The number of carboxylic acid groups (broad SMARTS) is 1. The summed E-state index contributed by atoms with van der Waals surface area (Å²) in [4.78, 5) is 39.2. The van der Waals surface area contributed by atoms with Gasteiger partial charge in [0, 0.05) is 4.47 Å². The minimum atomic E-state index is -1.43. The molecule has 34 heavy (non-hydrogen) atoms. The topological polar surface area (TPSA) is 143 Å². The van der Waals surface area contributed by atoms with Crippen LogP contribution in [0, 0.1) is 11.3 Å². The van der Waals surface area contributed by atoms with Crippen LogP contribution in [-0.4, -0.2) is 37.2 Å². The summed E-state index contributed by atoms with van der Waals surface area (Å²) >= 11 is 9.41. The lowest BCUT2D eigenvalue weighted by molar-refractivity contribution is -0.139. The lowest BCUT2D eigenvalue weighted by atomic mass is 9.80. The third-order valence-electron chi connectivity index (χ3n) is 5.14. The first-order chi connectivity index (χ1) is 16.2. The van der Waals surface area contributed by atoms with Gasteiger partial charge >= 0.3 is 17.9 Å². The molecule has 1 unspecified atom stereocenters. The number of carbonyl (C=O) groups excluding carboxylic acids is 2. The molecule has 174 valence electrons. The molecule has 1 heterocycles. The van der Waals surface area contributed by atoms with Gasteiger partial charge in [-0.25, -0.2) is 14.4 Å². The van der Waals surface area contributed by atoms with E-state index in [2.05, 4.69) is 15.9 Å². The molecule has 3 N–H and O–H groups in total. The van der Waals surface area contributed by atoms with Crippen molar-refractivity contribution in [3.8, 4) is 6.07 Å². The fourth-order valence-corrected chi connectivity index (χ4v) is 4.26. The minimum absolute atomic E-state index is 0.102. The van der Waals surface area contributed by atoms with Crippen molar-refractivity contribution in [2.75, 3.05) is 19.1 Å². The summed E-state index contributed by atoms with van der Waals surface area (Å²) in [6.07, 6.45) is 0. The molecule has 2 aromatic carbocycles. The average molecular weight is 547 g/mol. The number of nitriles is 1. The summed E-state index contributed by atoms with van der Waals surface area (Å²) in [6.45, 7) is 0. The quantitative estimate of drug-likeness (QED) is 0.537. The van der Waals surface area contributed by atoms with Gasteiger partial charge in [0.25, 0.3) is 0 Å². The van der Waals surface area contributed by atoms with Gasteiger partial charge in [0.2, 0.25) is 0 Å². The number of methoxy groups -OCH3 is 2. The Kier molecular flexibility index (Phi) is 7.29. The lowest BCUT2D eigenvalue weighted by Gasteiger charge is -2.36. The van der Waals surface area contributed by atoms with E-state index in [0.717, 1.165) is 19.1 Å². The number of ether oxygens (including phenoxy) is 2. The van der Waals surface area contributed by atoms with E-state index in [4.69, 9.17) is 26.8 Å². The Morgan fingerprint density at radius 1 is 1.12 bits per heavy atom. The van der Waals surface area contributed by atoms with E-state index < -0.39 is 35.1 Å². The van der Waals surface area contributed by atoms with Crippen molar-refractivity contribution in [1.82, 2.24) is 0 Å². The van der Waals surface area contributed by atoms with Crippen molar-refractivity contribution in [3.63, 3.8) is 0 Å². The summed E-state index contributed by atoms with van der Waals surface area (Å²) in [5, 5.41) is 19.7. The van der Waals surface area contributed by atoms with Gasteiger partial charge in [0.15, 0.2) is 0 Å². The monoisotopic (exact) mass is 545 g/mol. The standard InChI is InChI=1S/C23H17BrClN3O6/c1-33-22(31)17-15(11-6-4-3-5-7-11)12(10-26)20(27)28(19(17)23(32)34-2)14-9-8-13(24)18(25)16(14)21(29)30/h3-9,15H,27H2,1-2H3,(H,29,30). The number of hydrogen-bond acceptors (Lipinski definition) is 8. The summed E-state index contributed by atoms with van der Waals surface area (Å²) in [7, 11) is 2.20. The molecular weight excluding hydrogens is 530 g/mol. The number of allylic oxidation sites excluding steroid dienone is 1. The maximum atomic E-state index is 13.1.